The van der Waals surface area contributed by atoms with E-state index in [0.29, 0.717) is 5.56 Å². The minimum atomic E-state index is -1.14. The summed E-state index contributed by atoms with van der Waals surface area (Å²) >= 11 is 0.880. The molecule has 0 atom stereocenters. The molecule has 8 heteroatoms. The highest BCUT2D eigenvalue weighted by Crippen LogP contribution is 2.27. The van der Waals surface area contributed by atoms with Gasteiger partial charge < -0.3 is 10.1 Å². The second-order valence-electron chi connectivity index (χ2n) is 4.97. The molecule has 2 aromatic heterocycles. The number of aromatic nitrogens is 2. The number of rotatable bonds is 3. The van der Waals surface area contributed by atoms with Crippen molar-refractivity contribution < 1.29 is 18.7 Å². The molecule has 0 radical (unpaired) electrons. The number of aryl methyl sites for hydroxylation is 1. The van der Waals surface area contributed by atoms with E-state index in [1.54, 1.807) is 0 Å². The SMILES string of the molecule is Cc1c(C(=O)O)sc2nc(Cc3cc(F)ccc3F)[nH]c(=O)c12. The lowest BCUT2D eigenvalue weighted by Gasteiger charge is -2.03. The van der Waals surface area contributed by atoms with Gasteiger partial charge in [0, 0.05) is 6.42 Å². The Morgan fingerprint density at radius 3 is 2.83 bits per heavy atom. The summed E-state index contributed by atoms with van der Waals surface area (Å²) in [6, 6.07) is 3.03. The number of carboxylic acids is 1. The monoisotopic (exact) mass is 336 g/mol. The van der Waals surface area contributed by atoms with E-state index in [0.717, 1.165) is 29.5 Å². The van der Waals surface area contributed by atoms with Crippen LogP contribution in [0.4, 0.5) is 8.78 Å². The van der Waals surface area contributed by atoms with Gasteiger partial charge in [-0.05, 0) is 36.2 Å². The number of hydrogen-bond acceptors (Lipinski definition) is 4. The van der Waals surface area contributed by atoms with E-state index in [-0.39, 0.29) is 32.9 Å². The summed E-state index contributed by atoms with van der Waals surface area (Å²) in [5, 5.41) is 9.31. The minimum Gasteiger partial charge on any atom is -0.477 e. The van der Waals surface area contributed by atoms with Gasteiger partial charge in [0.15, 0.2) is 0 Å². The van der Waals surface area contributed by atoms with Crippen LogP contribution in [0.15, 0.2) is 23.0 Å². The molecule has 0 spiro atoms. The lowest BCUT2D eigenvalue weighted by Crippen LogP contribution is -2.12. The van der Waals surface area contributed by atoms with Crippen LogP contribution in [0.25, 0.3) is 10.2 Å². The number of benzene rings is 1. The van der Waals surface area contributed by atoms with Gasteiger partial charge in [0.05, 0.1) is 5.39 Å². The molecule has 5 nitrogen and oxygen atoms in total. The van der Waals surface area contributed by atoms with Crippen molar-refractivity contribution in [1.29, 1.82) is 0 Å². The van der Waals surface area contributed by atoms with Crippen LogP contribution in [0.5, 0.6) is 0 Å². The van der Waals surface area contributed by atoms with Crippen molar-refractivity contribution in [2.75, 3.05) is 0 Å². The van der Waals surface area contributed by atoms with Crippen molar-refractivity contribution >= 4 is 27.5 Å². The topological polar surface area (TPSA) is 83.0 Å². The van der Waals surface area contributed by atoms with Crippen LogP contribution in [-0.4, -0.2) is 21.0 Å². The maximum absolute atomic E-state index is 13.7. The smallest absolute Gasteiger partial charge is 0.346 e. The number of hydrogen-bond donors (Lipinski definition) is 2. The molecule has 0 unspecified atom stereocenters. The molecule has 2 N–H and O–H groups in total. The lowest BCUT2D eigenvalue weighted by molar-refractivity contribution is 0.0701. The Morgan fingerprint density at radius 1 is 1.39 bits per heavy atom. The van der Waals surface area contributed by atoms with Crippen LogP contribution in [0.3, 0.4) is 0 Å². The largest absolute Gasteiger partial charge is 0.477 e. The van der Waals surface area contributed by atoms with E-state index in [1.807, 2.05) is 0 Å². The zero-order valence-corrected chi connectivity index (χ0v) is 12.6. The number of H-pyrrole nitrogens is 1. The summed E-state index contributed by atoms with van der Waals surface area (Å²) in [4.78, 5) is 30.3. The molecule has 0 aliphatic carbocycles. The van der Waals surface area contributed by atoms with Gasteiger partial charge in [-0.1, -0.05) is 0 Å². The molecule has 1 aromatic carbocycles. The number of thiophene rings is 1. The first-order chi connectivity index (χ1) is 10.9. The van der Waals surface area contributed by atoms with Gasteiger partial charge in [-0.25, -0.2) is 18.6 Å². The molecule has 118 valence electrons. The van der Waals surface area contributed by atoms with Gasteiger partial charge in [0.1, 0.15) is 27.2 Å². The normalized spacial score (nSPS) is 11.1. The maximum atomic E-state index is 13.7. The molecule has 23 heavy (non-hydrogen) atoms. The van der Waals surface area contributed by atoms with Gasteiger partial charge in [0.2, 0.25) is 0 Å². The second kappa shape index (κ2) is 5.54. The first-order valence-corrected chi connectivity index (χ1v) is 7.38. The zero-order chi connectivity index (χ0) is 16.7. The van der Waals surface area contributed by atoms with Crippen molar-refractivity contribution in [2.24, 2.45) is 0 Å². The van der Waals surface area contributed by atoms with Crippen LogP contribution in [0.1, 0.15) is 26.6 Å². The fraction of sp³-hybridized carbons (Fsp3) is 0.133. The van der Waals surface area contributed by atoms with Gasteiger partial charge in [-0.15, -0.1) is 11.3 Å². The summed E-state index contributed by atoms with van der Waals surface area (Å²) in [7, 11) is 0. The molecule has 3 rings (SSSR count). The third kappa shape index (κ3) is 2.72. The average Bonchev–Trinajstić information content (AvgIpc) is 2.80. The number of halogens is 2. The van der Waals surface area contributed by atoms with Crippen LogP contribution in [-0.2, 0) is 6.42 Å². The summed E-state index contributed by atoms with van der Waals surface area (Å²) in [6.07, 6.45) is -0.103. The Labute approximate surface area is 132 Å². The standard InChI is InChI=1S/C15H10F2N2O3S/c1-6-11-13(20)18-10(19-14(11)23-12(6)15(21)22)5-7-4-8(16)2-3-9(7)17/h2-4H,5H2,1H3,(H,21,22)(H,18,19,20). The Kier molecular flexibility index (Phi) is 3.69. The molecule has 0 saturated heterocycles. The Balaban J connectivity index is 2.11. The van der Waals surface area contributed by atoms with Crippen molar-refractivity contribution in [2.45, 2.75) is 13.3 Å². The predicted octanol–water partition coefficient (Wildman–Crippen LogP) is 2.86. The number of aromatic amines is 1. The fourth-order valence-electron chi connectivity index (χ4n) is 2.34. The summed E-state index contributed by atoms with van der Waals surface area (Å²) in [6.45, 7) is 1.53. The first kappa shape index (κ1) is 15.3. The molecule has 0 aliphatic heterocycles. The van der Waals surface area contributed by atoms with Gasteiger partial charge in [0.25, 0.3) is 5.56 Å². The highest BCUT2D eigenvalue weighted by atomic mass is 32.1. The Bertz CT molecular complexity index is 994. The van der Waals surface area contributed by atoms with Crippen LogP contribution in [0.2, 0.25) is 0 Å². The molecule has 2 heterocycles. The van der Waals surface area contributed by atoms with E-state index in [2.05, 4.69) is 9.97 Å². The minimum absolute atomic E-state index is 0.0343. The van der Waals surface area contributed by atoms with Crippen LogP contribution >= 0.6 is 11.3 Å². The number of fused-ring (bicyclic) bond motifs is 1. The summed E-state index contributed by atoms with van der Waals surface area (Å²) < 4.78 is 26.9. The van der Waals surface area contributed by atoms with E-state index in [9.17, 15) is 18.4 Å². The number of carbonyl (C=O) groups is 1. The van der Waals surface area contributed by atoms with Gasteiger partial charge >= 0.3 is 5.97 Å². The van der Waals surface area contributed by atoms with Gasteiger partial charge in [-0.3, -0.25) is 4.79 Å². The Hall–Kier alpha value is -2.61. The quantitative estimate of drug-likeness (QED) is 0.770. The Morgan fingerprint density at radius 2 is 2.13 bits per heavy atom. The third-order valence-electron chi connectivity index (χ3n) is 3.41. The van der Waals surface area contributed by atoms with E-state index < -0.39 is 23.2 Å². The number of nitrogens with one attached hydrogen (secondary N) is 1. The van der Waals surface area contributed by atoms with Gasteiger partial charge in [-0.2, -0.15) is 0 Å². The first-order valence-electron chi connectivity index (χ1n) is 6.56. The van der Waals surface area contributed by atoms with Crippen molar-refractivity contribution in [3.8, 4) is 0 Å². The highest BCUT2D eigenvalue weighted by Gasteiger charge is 2.19. The van der Waals surface area contributed by atoms with Crippen molar-refractivity contribution in [3.63, 3.8) is 0 Å². The number of nitrogens with zero attached hydrogens (tertiary/aromatic N) is 1. The summed E-state index contributed by atoms with van der Waals surface area (Å²) in [5.41, 5.74) is -0.1000. The fourth-order valence-corrected chi connectivity index (χ4v) is 3.37. The van der Waals surface area contributed by atoms with E-state index >= 15 is 0 Å². The van der Waals surface area contributed by atoms with E-state index in [1.165, 1.54) is 6.92 Å². The van der Waals surface area contributed by atoms with Crippen LogP contribution < -0.4 is 5.56 Å². The molecule has 0 saturated carbocycles. The van der Waals surface area contributed by atoms with E-state index in [4.69, 9.17) is 5.11 Å². The maximum Gasteiger partial charge on any atom is 0.346 e. The molecular weight excluding hydrogens is 326 g/mol. The number of carboxylic acid groups (broad SMARTS) is 1. The molecule has 0 fully saturated rings. The molecule has 3 aromatic rings. The van der Waals surface area contributed by atoms with Crippen molar-refractivity contribution in [1.82, 2.24) is 9.97 Å². The molecular formula is C15H10F2N2O3S. The lowest BCUT2D eigenvalue weighted by atomic mass is 10.1. The summed E-state index contributed by atoms with van der Waals surface area (Å²) in [5.74, 6) is -2.19. The molecule has 0 aliphatic rings. The number of aromatic carboxylic acids is 1. The predicted molar refractivity (Wildman–Crippen MR) is 81.1 cm³/mol. The highest BCUT2D eigenvalue weighted by molar-refractivity contribution is 7.20. The second-order valence-corrected chi connectivity index (χ2v) is 5.97. The third-order valence-corrected chi connectivity index (χ3v) is 4.58. The molecule has 0 amide bonds. The average molecular weight is 336 g/mol. The molecule has 0 bridgehead atoms. The zero-order valence-electron chi connectivity index (χ0n) is 11.8. The van der Waals surface area contributed by atoms with Crippen LogP contribution in [0, 0.1) is 18.6 Å². The van der Waals surface area contributed by atoms with Crippen molar-refractivity contribution in [3.05, 3.63) is 62.0 Å².